The largest absolute Gasteiger partial charge is 0.457 e. The van der Waals surface area contributed by atoms with Gasteiger partial charge in [0.15, 0.2) is 5.84 Å². The Labute approximate surface area is 177 Å². The van der Waals surface area contributed by atoms with E-state index in [0.29, 0.717) is 5.75 Å². The lowest BCUT2D eigenvalue weighted by Gasteiger charge is -2.07. The number of benzene rings is 2. The minimum absolute atomic E-state index is 0.269. The second kappa shape index (κ2) is 7.63. The highest BCUT2D eigenvalue weighted by Gasteiger charge is 2.11. The van der Waals surface area contributed by atoms with Crippen molar-refractivity contribution in [3.05, 3.63) is 72.6 Å². The van der Waals surface area contributed by atoms with Gasteiger partial charge in [0, 0.05) is 52.1 Å². The van der Waals surface area contributed by atoms with E-state index in [1.165, 1.54) is 0 Å². The average Bonchev–Trinajstić information content (AvgIpc) is 3.38. The molecule has 4 aromatic rings. The van der Waals surface area contributed by atoms with Crippen molar-refractivity contribution in [2.75, 3.05) is 5.32 Å². The number of para-hydroxylation sites is 1. The van der Waals surface area contributed by atoms with Crippen molar-refractivity contribution < 1.29 is 4.74 Å². The normalized spacial score (nSPS) is 12.9. The summed E-state index contributed by atoms with van der Waals surface area (Å²) in [7, 11) is 1.99. The molecule has 2 N–H and O–H groups in total. The van der Waals surface area contributed by atoms with Gasteiger partial charge < -0.3 is 19.9 Å². The van der Waals surface area contributed by atoms with Crippen molar-refractivity contribution in [3.63, 3.8) is 0 Å². The van der Waals surface area contributed by atoms with E-state index in [0.717, 1.165) is 39.9 Å². The van der Waals surface area contributed by atoms with Gasteiger partial charge in [-0.2, -0.15) is 0 Å². The molecule has 8 heteroatoms. The third-order valence-electron chi connectivity index (χ3n) is 4.47. The lowest BCUT2D eigenvalue weighted by molar-refractivity contribution is 0.482. The zero-order chi connectivity index (χ0) is 19.6. The number of nitrogens with zero attached hydrogens (tertiary/aromatic N) is 4. The molecule has 7 nitrogen and oxygen atoms in total. The Morgan fingerprint density at radius 3 is 2.72 bits per heavy atom. The topological polar surface area (TPSA) is 76.4 Å². The Hall–Kier alpha value is -3.27. The van der Waals surface area contributed by atoms with Gasteiger partial charge in [-0.3, -0.25) is 4.98 Å². The average molecular weight is 496 g/mol. The van der Waals surface area contributed by atoms with E-state index in [2.05, 4.69) is 18.8 Å². The van der Waals surface area contributed by atoms with E-state index in [4.69, 9.17) is 9.72 Å². The van der Waals surface area contributed by atoms with Gasteiger partial charge in [0.25, 0.3) is 0 Å². The van der Waals surface area contributed by atoms with E-state index in [1.807, 2.05) is 76.4 Å². The van der Waals surface area contributed by atoms with Crippen molar-refractivity contribution in [2.24, 2.45) is 10.3 Å². The lowest BCUT2D eigenvalue weighted by Crippen LogP contribution is -2.19. The molecule has 3 heterocycles. The second-order valence-corrected chi connectivity index (χ2v) is 8.06. The fourth-order valence-corrected chi connectivity index (χ4v) is 4.28. The molecule has 0 atom stereocenters. The molecule has 1 aliphatic heterocycles. The van der Waals surface area contributed by atoms with Gasteiger partial charge >= 0.3 is 0 Å². The van der Waals surface area contributed by atoms with Crippen LogP contribution in [-0.4, -0.2) is 24.5 Å². The maximum atomic E-state index is 6.06. The number of anilines is 2. The molecule has 1 aliphatic rings. The molecule has 0 unspecified atom stereocenters. The Morgan fingerprint density at radius 1 is 1.03 bits per heavy atom. The van der Waals surface area contributed by atoms with Gasteiger partial charge in [-0.25, -0.2) is 8.19 Å². The molecule has 0 amide bonds. The Balaban J connectivity index is 1.41. The molecular weight excluding hydrogens is 479 g/mol. The summed E-state index contributed by atoms with van der Waals surface area (Å²) in [6.07, 6.45) is 1.73. The number of aromatic nitrogens is 3. The minimum atomic E-state index is -0.269. The van der Waals surface area contributed by atoms with Crippen LogP contribution in [0.4, 0.5) is 11.6 Å². The van der Waals surface area contributed by atoms with E-state index in [1.54, 1.807) is 6.20 Å². The van der Waals surface area contributed by atoms with E-state index in [9.17, 15) is 0 Å². The summed E-state index contributed by atoms with van der Waals surface area (Å²) < 4.78 is 14.6. The molecule has 5 rings (SSSR count). The van der Waals surface area contributed by atoms with Crippen LogP contribution >= 0.6 is 21.0 Å². The van der Waals surface area contributed by atoms with E-state index in [-0.39, 0.29) is 21.0 Å². The van der Waals surface area contributed by atoms with Crippen LogP contribution < -0.4 is 15.4 Å². The second-order valence-electron chi connectivity index (χ2n) is 6.40. The van der Waals surface area contributed by atoms with Crippen molar-refractivity contribution in [1.82, 2.24) is 19.9 Å². The van der Waals surface area contributed by atoms with Crippen molar-refractivity contribution in [2.45, 2.75) is 0 Å². The highest BCUT2D eigenvalue weighted by atomic mass is 127. The van der Waals surface area contributed by atoms with Crippen molar-refractivity contribution in [3.8, 4) is 11.5 Å². The number of hydrogen-bond acceptors (Lipinski definition) is 6. The molecular formula is C21H17IN6O. The van der Waals surface area contributed by atoms with E-state index < -0.39 is 0 Å². The Kier molecular flexibility index (Phi) is 4.68. The van der Waals surface area contributed by atoms with Crippen molar-refractivity contribution >= 4 is 53.6 Å². The first-order chi connectivity index (χ1) is 14.3. The van der Waals surface area contributed by atoms with Gasteiger partial charge in [-0.05, 0) is 30.3 Å². The van der Waals surface area contributed by atoms with Crippen LogP contribution in [0.5, 0.6) is 11.5 Å². The molecule has 0 saturated heterocycles. The summed E-state index contributed by atoms with van der Waals surface area (Å²) in [5.41, 5.74) is 3.66. The monoisotopic (exact) mass is 496 g/mol. The summed E-state index contributed by atoms with van der Waals surface area (Å²) in [5, 5.41) is 6.50. The predicted molar refractivity (Wildman–Crippen MR) is 125 cm³/mol. The summed E-state index contributed by atoms with van der Waals surface area (Å²) in [4.78, 5) is 9.09. The van der Waals surface area contributed by atoms with E-state index >= 15 is 0 Å². The first-order valence-corrected chi connectivity index (χ1v) is 11.2. The molecule has 0 spiro atoms. The maximum Gasteiger partial charge on any atom is 0.208 e. The summed E-state index contributed by atoms with van der Waals surface area (Å²) >= 11 is -0.269. The smallest absolute Gasteiger partial charge is 0.208 e. The highest BCUT2D eigenvalue weighted by molar-refractivity contribution is 14.2. The molecule has 0 radical (unpaired) electrons. The molecule has 2 aromatic heterocycles. The minimum Gasteiger partial charge on any atom is -0.457 e. The fourth-order valence-electron chi connectivity index (χ4n) is 3.04. The molecule has 0 bridgehead atoms. The number of imidazole rings is 1. The highest BCUT2D eigenvalue weighted by Crippen LogP contribution is 2.28. The lowest BCUT2D eigenvalue weighted by atomic mass is 10.3. The maximum absolute atomic E-state index is 6.06. The number of rotatable bonds is 5. The number of fused-ring (bicyclic) bond motifs is 1. The number of amidine groups is 1. The van der Waals surface area contributed by atoms with Gasteiger partial charge in [0.1, 0.15) is 17.2 Å². The zero-order valence-electron chi connectivity index (χ0n) is 15.5. The van der Waals surface area contributed by atoms with Crippen LogP contribution in [0.25, 0.3) is 11.0 Å². The van der Waals surface area contributed by atoms with Gasteiger partial charge in [0.2, 0.25) is 5.95 Å². The van der Waals surface area contributed by atoms with Gasteiger partial charge in [-0.15, -0.1) is 0 Å². The first kappa shape index (κ1) is 17.8. The SMILES string of the molecule is Cn1c(Nc2ccccc2)nc2cc(Oc3ccnc(C4=NI=CN4)c3)ccc21. The zero-order valence-corrected chi connectivity index (χ0v) is 17.7. The fraction of sp³-hybridized carbons (Fsp3) is 0.0476. The third kappa shape index (κ3) is 3.70. The van der Waals surface area contributed by atoms with Crippen LogP contribution in [0.1, 0.15) is 5.69 Å². The van der Waals surface area contributed by atoms with Crippen LogP contribution in [-0.2, 0) is 7.05 Å². The molecule has 0 saturated carbocycles. The number of pyridine rings is 1. The van der Waals surface area contributed by atoms with Crippen molar-refractivity contribution in [1.29, 1.82) is 0 Å². The number of nitrogens with one attached hydrogen (secondary N) is 2. The number of aryl methyl sites for hydroxylation is 1. The van der Waals surface area contributed by atoms with Crippen LogP contribution in [0.3, 0.4) is 0 Å². The van der Waals surface area contributed by atoms with Crippen LogP contribution in [0.2, 0.25) is 0 Å². The van der Waals surface area contributed by atoms with Gasteiger partial charge in [-0.1, -0.05) is 18.2 Å². The Morgan fingerprint density at radius 2 is 1.90 bits per heavy atom. The number of ether oxygens (including phenoxy) is 1. The molecule has 0 aliphatic carbocycles. The number of halogens is 1. The standard InChI is InChI=1S/C21H17IN6O/c1-28-19-8-7-15(11-17(19)26-21(28)25-14-5-3-2-4-6-14)29-16-9-10-23-18(12-16)20-24-13-22-27-20/h2-13H,1H3,(H,24,27)(H,25,26). The predicted octanol–water partition coefficient (Wildman–Crippen LogP) is 4.50. The van der Waals surface area contributed by atoms with Gasteiger partial charge in [0.05, 0.1) is 15.2 Å². The number of hydrogen-bond donors (Lipinski definition) is 2. The molecule has 29 heavy (non-hydrogen) atoms. The quantitative estimate of drug-likeness (QED) is 0.398. The summed E-state index contributed by atoms with van der Waals surface area (Å²) in [6, 6.07) is 19.6. The first-order valence-electron chi connectivity index (χ1n) is 8.98. The molecule has 0 fully saturated rings. The summed E-state index contributed by atoms with van der Waals surface area (Å²) in [6.45, 7) is 0. The summed E-state index contributed by atoms with van der Waals surface area (Å²) in [5.74, 6) is 3.02. The molecule has 144 valence electrons. The Bertz CT molecular complexity index is 1250. The third-order valence-corrected chi connectivity index (χ3v) is 5.82. The molecule has 2 aromatic carbocycles. The van der Waals surface area contributed by atoms with Crippen LogP contribution in [0, 0.1) is 0 Å². The van der Waals surface area contributed by atoms with Crippen LogP contribution in [0.15, 0.2) is 70.1 Å².